The smallest absolute Gasteiger partial charge is 0.252 e. The van der Waals surface area contributed by atoms with Gasteiger partial charge >= 0.3 is 0 Å². The molecular weight excluding hydrogens is 324 g/mol. The van der Waals surface area contributed by atoms with Gasteiger partial charge in [-0.25, -0.2) is 0 Å². The van der Waals surface area contributed by atoms with E-state index in [0.29, 0.717) is 23.0 Å². The van der Waals surface area contributed by atoms with Crippen molar-refractivity contribution in [3.8, 4) is 0 Å². The number of anilines is 1. The van der Waals surface area contributed by atoms with E-state index in [9.17, 15) is 4.79 Å². The molecule has 1 amide bonds. The molecule has 0 atom stereocenters. The highest BCUT2D eigenvalue weighted by Gasteiger charge is 2.19. The number of carbonyl (C=O) groups excluding carboxylic acids is 1. The lowest BCUT2D eigenvalue weighted by molar-refractivity contribution is 0.0950. The van der Waals surface area contributed by atoms with Crippen LogP contribution in [0.2, 0.25) is 5.02 Å². The first kappa shape index (κ1) is 16.7. The lowest BCUT2D eigenvalue weighted by atomic mass is 9.93. The molecule has 3 heterocycles. The van der Waals surface area contributed by atoms with Gasteiger partial charge in [0.15, 0.2) is 0 Å². The van der Waals surface area contributed by atoms with Gasteiger partial charge in [-0.1, -0.05) is 11.6 Å². The summed E-state index contributed by atoms with van der Waals surface area (Å²) in [6.07, 6.45) is 10.0. The summed E-state index contributed by atoms with van der Waals surface area (Å²) in [5.41, 5.74) is 1.75. The Morgan fingerprint density at radius 3 is 2.67 bits per heavy atom. The summed E-state index contributed by atoms with van der Waals surface area (Å²) < 4.78 is 0. The Kier molecular flexibility index (Phi) is 5.64. The van der Waals surface area contributed by atoms with Crippen molar-refractivity contribution in [2.45, 2.75) is 19.3 Å². The minimum absolute atomic E-state index is 0.112. The van der Waals surface area contributed by atoms with E-state index >= 15 is 0 Å². The number of piperidine rings is 1. The fourth-order valence-corrected chi connectivity index (χ4v) is 3.24. The highest BCUT2D eigenvalue weighted by molar-refractivity contribution is 6.30. The summed E-state index contributed by atoms with van der Waals surface area (Å²) in [5.74, 6) is 0.542. The minimum Gasteiger partial charge on any atom is -0.371 e. The monoisotopic (exact) mass is 344 g/mol. The number of carbonyl (C=O) groups is 1. The summed E-state index contributed by atoms with van der Waals surface area (Å²) >= 11 is 5.86. The number of aromatic nitrogens is 2. The normalized spacial score (nSPS) is 15.3. The molecule has 0 aromatic carbocycles. The quantitative estimate of drug-likeness (QED) is 0.905. The number of nitrogens with zero attached hydrogens (tertiary/aromatic N) is 3. The second kappa shape index (κ2) is 8.11. The van der Waals surface area contributed by atoms with Gasteiger partial charge in [-0.15, -0.1) is 0 Å². The third-order valence-corrected chi connectivity index (χ3v) is 4.65. The molecule has 1 fully saturated rings. The molecule has 1 saturated heterocycles. The van der Waals surface area contributed by atoms with Crippen molar-refractivity contribution in [1.82, 2.24) is 15.3 Å². The van der Waals surface area contributed by atoms with E-state index in [-0.39, 0.29) is 5.91 Å². The molecule has 0 aliphatic carbocycles. The minimum atomic E-state index is -0.112. The van der Waals surface area contributed by atoms with Crippen molar-refractivity contribution in [2.24, 2.45) is 5.92 Å². The van der Waals surface area contributed by atoms with Gasteiger partial charge < -0.3 is 10.2 Å². The van der Waals surface area contributed by atoms with E-state index < -0.39 is 0 Å². The number of pyridine rings is 2. The van der Waals surface area contributed by atoms with Crippen LogP contribution in [0.3, 0.4) is 0 Å². The van der Waals surface area contributed by atoms with E-state index in [1.807, 2.05) is 12.4 Å². The molecule has 3 rings (SSSR count). The maximum atomic E-state index is 12.1. The Hall–Kier alpha value is -2.14. The SMILES string of the molecule is O=C(NCCC1CCN(c2ccncc2)CC1)c1cncc(Cl)c1. The van der Waals surface area contributed by atoms with Crippen LogP contribution in [-0.2, 0) is 0 Å². The van der Waals surface area contributed by atoms with Crippen LogP contribution in [0.1, 0.15) is 29.6 Å². The lowest BCUT2D eigenvalue weighted by Crippen LogP contribution is -2.35. The van der Waals surface area contributed by atoms with Gasteiger partial charge in [-0.3, -0.25) is 14.8 Å². The second-order valence-electron chi connectivity index (χ2n) is 6.07. The Labute approximate surface area is 147 Å². The zero-order valence-corrected chi connectivity index (χ0v) is 14.2. The van der Waals surface area contributed by atoms with Crippen LogP contribution < -0.4 is 10.2 Å². The highest BCUT2D eigenvalue weighted by Crippen LogP contribution is 2.24. The fourth-order valence-electron chi connectivity index (χ4n) is 3.06. The van der Waals surface area contributed by atoms with Gasteiger partial charge in [0.25, 0.3) is 5.91 Å². The van der Waals surface area contributed by atoms with Gasteiger partial charge in [0.1, 0.15) is 0 Å². The molecule has 0 spiro atoms. The highest BCUT2D eigenvalue weighted by atomic mass is 35.5. The zero-order valence-electron chi connectivity index (χ0n) is 13.5. The molecule has 2 aromatic heterocycles. The molecule has 1 aliphatic heterocycles. The molecule has 0 radical (unpaired) electrons. The second-order valence-corrected chi connectivity index (χ2v) is 6.51. The maximum absolute atomic E-state index is 12.1. The number of hydrogen-bond donors (Lipinski definition) is 1. The first-order chi connectivity index (χ1) is 11.7. The summed E-state index contributed by atoms with van der Waals surface area (Å²) in [5, 5.41) is 3.43. The molecule has 1 N–H and O–H groups in total. The number of halogens is 1. The summed E-state index contributed by atoms with van der Waals surface area (Å²) in [7, 11) is 0. The first-order valence-corrected chi connectivity index (χ1v) is 8.64. The van der Waals surface area contributed by atoms with E-state index in [0.717, 1.165) is 32.4 Å². The summed E-state index contributed by atoms with van der Waals surface area (Å²) in [6.45, 7) is 2.80. The van der Waals surface area contributed by atoms with Crippen molar-refractivity contribution in [3.63, 3.8) is 0 Å². The van der Waals surface area contributed by atoms with Crippen molar-refractivity contribution in [2.75, 3.05) is 24.5 Å². The molecule has 6 heteroatoms. The number of amides is 1. The van der Waals surface area contributed by atoms with Crippen LogP contribution >= 0.6 is 11.6 Å². The maximum Gasteiger partial charge on any atom is 0.252 e. The Morgan fingerprint density at radius 1 is 1.21 bits per heavy atom. The third-order valence-electron chi connectivity index (χ3n) is 4.45. The van der Waals surface area contributed by atoms with Gasteiger partial charge in [0.05, 0.1) is 10.6 Å². The summed E-state index contributed by atoms with van der Waals surface area (Å²) in [4.78, 5) is 22.4. The standard InChI is InChI=1S/C18H21ClN4O/c19-16-11-15(12-21-13-16)18(24)22-8-1-14-4-9-23(10-5-14)17-2-6-20-7-3-17/h2-3,6-7,11-14H,1,4-5,8-10H2,(H,22,24). The molecule has 0 saturated carbocycles. The predicted octanol–water partition coefficient (Wildman–Crippen LogP) is 3.17. The predicted molar refractivity (Wildman–Crippen MR) is 95.4 cm³/mol. The van der Waals surface area contributed by atoms with E-state index in [1.54, 1.807) is 6.07 Å². The molecule has 2 aromatic rings. The van der Waals surface area contributed by atoms with Gasteiger partial charge in [0.2, 0.25) is 0 Å². The first-order valence-electron chi connectivity index (χ1n) is 8.26. The largest absolute Gasteiger partial charge is 0.371 e. The van der Waals surface area contributed by atoms with Crippen molar-refractivity contribution in [1.29, 1.82) is 0 Å². The molecule has 126 valence electrons. The van der Waals surface area contributed by atoms with Crippen LogP contribution in [-0.4, -0.2) is 35.5 Å². The number of rotatable bonds is 5. The lowest BCUT2D eigenvalue weighted by Gasteiger charge is -2.33. The van der Waals surface area contributed by atoms with Gasteiger partial charge in [0, 0.05) is 50.1 Å². The van der Waals surface area contributed by atoms with E-state index in [4.69, 9.17) is 11.6 Å². The number of nitrogens with one attached hydrogen (secondary N) is 1. The van der Waals surface area contributed by atoms with E-state index in [2.05, 4.69) is 32.3 Å². The molecule has 5 nitrogen and oxygen atoms in total. The van der Waals surface area contributed by atoms with Crippen LogP contribution in [0.15, 0.2) is 43.0 Å². The number of hydrogen-bond acceptors (Lipinski definition) is 4. The van der Waals surface area contributed by atoms with E-state index in [1.165, 1.54) is 18.1 Å². The average Bonchev–Trinajstić information content (AvgIpc) is 2.63. The Bertz CT molecular complexity index is 672. The molecule has 0 unspecified atom stereocenters. The van der Waals surface area contributed by atoms with Crippen molar-refractivity contribution in [3.05, 3.63) is 53.6 Å². The molecule has 0 bridgehead atoms. The molecular formula is C18H21ClN4O. The van der Waals surface area contributed by atoms with Crippen molar-refractivity contribution < 1.29 is 4.79 Å². The average molecular weight is 345 g/mol. The van der Waals surface area contributed by atoms with Crippen LogP contribution in [0.5, 0.6) is 0 Å². The fraction of sp³-hybridized carbons (Fsp3) is 0.389. The van der Waals surface area contributed by atoms with Crippen molar-refractivity contribution >= 4 is 23.2 Å². The molecule has 1 aliphatic rings. The Morgan fingerprint density at radius 2 is 1.96 bits per heavy atom. The third kappa shape index (κ3) is 4.45. The van der Waals surface area contributed by atoms with Crippen LogP contribution in [0.25, 0.3) is 0 Å². The Balaban J connectivity index is 1.40. The summed E-state index contributed by atoms with van der Waals surface area (Å²) in [6, 6.07) is 5.75. The molecule has 24 heavy (non-hydrogen) atoms. The topological polar surface area (TPSA) is 58.1 Å². The van der Waals surface area contributed by atoms with Gasteiger partial charge in [-0.2, -0.15) is 0 Å². The van der Waals surface area contributed by atoms with Crippen LogP contribution in [0.4, 0.5) is 5.69 Å². The zero-order chi connectivity index (χ0) is 16.8. The van der Waals surface area contributed by atoms with Crippen LogP contribution in [0, 0.1) is 5.92 Å². The van der Waals surface area contributed by atoms with Gasteiger partial charge in [-0.05, 0) is 43.4 Å².